The van der Waals surface area contributed by atoms with E-state index in [-0.39, 0.29) is 5.92 Å². The van der Waals surface area contributed by atoms with Gasteiger partial charge in [-0.15, -0.1) is 0 Å². The Morgan fingerprint density at radius 3 is 1.95 bits per heavy atom. The van der Waals surface area contributed by atoms with Crippen molar-refractivity contribution in [2.24, 2.45) is 5.92 Å². The topological polar surface area (TPSA) is 72.7 Å². The Labute approximate surface area is 129 Å². The van der Waals surface area contributed by atoms with Crippen molar-refractivity contribution in [3.8, 4) is 0 Å². The Kier molecular flexibility index (Phi) is 4.21. The highest BCUT2D eigenvalue weighted by Crippen LogP contribution is 2.48. The van der Waals surface area contributed by atoms with Gasteiger partial charge in [-0.2, -0.15) is 0 Å². The summed E-state index contributed by atoms with van der Waals surface area (Å²) in [5.41, 5.74) is -1.28. The van der Waals surface area contributed by atoms with Crippen LogP contribution in [0.4, 0.5) is 0 Å². The van der Waals surface area contributed by atoms with Crippen molar-refractivity contribution in [3.63, 3.8) is 0 Å². The minimum Gasteiger partial charge on any atom is -0.467 e. The highest BCUT2D eigenvalue weighted by atomic mass is 16.6. The van der Waals surface area contributed by atoms with Crippen molar-refractivity contribution in [1.82, 2.24) is 4.90 Å². The molecule has 0 N–H and O–H groups in total. The van der Waals surface area contributed by atoms with E-state index in [2.05, 4.69) is 0 Å². The van der Waals surface area contributed by atoms with Crippen molar-refractivity contribution in [2.45, 2.75) is 25.4 Å². The second-order valence-electron chi connectivity index (χ2n) is 5.48. The van der Waals surface area contributed by atoms with Crippen LogP contribution >= 0.6 is 0 Å². The van der Waals surface area contributed by atoms with Crippen LogP contribution in [0.1, 0.15) is 24.2 Å². The lowest BCUT2D eigenvalue weighted by Gasteiger charge is -2.13. The molecule has 1 amide bonds. The van der Waals surface area contributed by atoms with E-state index in [1.54, 1.807) is 30.3 Å². The van der Waals surface area contributed by atoms with Crippen molar-refractivity contribution in [1.29, 1.82) is 0 Å². The van der Waals surface area contributed by atoms with Crippen molar-refractivity contribution in [3.05, 3.63) is 35.9 Å². The first kappa shape index (κ1) is 16.0. The molecule has 1 heterocycles. The molecule has 0 bridgehead atoms. The van der Waals surface area contributed by atoms with Gasteiger partial charge in [-0.25, -0.2) is 9.59 Å². The van der Waals surface area contributed by atoms with Gasteiger partial charge < -0.3 is 14.4 Å². The number of rotatable bonds is 4. The van der Waals surface area contributed by atoms with Gasteiger partial charge in [-0.05, 0) is 18.1 Å². The van der Waals surface area contributed by atoms with Gasteiger partial charge in [0.2, 0.25) is 0 Å². The number of methoxy groups -OCH3 is 2. The lowest BCUT2D eigenvalue weighted by atomic mass is 9.97. The molecule has 0 aliphatic carbocycles. The molecule has 0 radical (unpaired) electrons. The summed E-state index contributed by atoms with van der Waals surface area (Å²) >= 11 is 0. The average molecular weight is 305 g/mol. The molecule has 6 nitrogen and oxygen atoms in total. The Morgan fingerprint density at radius 1 is 1.05 bits per heavy atom. The van der Waals surface area contributed by atoms with Crippen LogP contribution < -0.4 is 0 Å². The predicted molar refractivity (Wildman–Crippen MR) is 78.0 cm³/mol. The van der Waals surface area contributed by atoms with Gasteiger partial charge >= 0.3 is 11.9 Å². The smallest absolute Gasteiger partial charge is 0.345 e. The van der Waals surface area contributed by atoms with Crippen LogP contribution in [0.2, 0.25) is 0 Å². The lowest BCUT2D eigenvalue weighted by molar-refractivity contribution is -0.158. The SMILES string of the molecule is COC(=O)C1(C(=O)OC)[C@H](C(C)C)N1C(=O)c1ccccc1. The molecule has 0 unspecified atom stereocenters. The molecule has 2 rings (SSSR count). The quantitative estimate of drug-likeness (QED) is 0.475. The second-order valence-corrected chi connectivity index (χ2v) is 5.48. The highest BCUT2D eigenvalue weighted by molar-refractivity contribution is 6.16. The molecule has 6 heteroatoms. The van der Waals surface area contributed by atoms with E-state index in [4.69, 9.17) is 9.47 Å². The van der Waals surface area contributed by atoms with Crippen LogP contribution in [0, 0.1) is 5.92 Å². The number of carbonyl (C=O) groups excluding carboxylic acids is 3. The number of ether oxygens (including phenoxy) is 2. The van der Waals surface area contributed by atoms with Gasteiger partial charge in [0, 0.05) is 5.56 Å². The summed E-state index contributed by atoms with van der Waals surface area (Å²) in [5.74, 6) is -2.05. The van der Waals surface area contributed by atoms with E-state index in [0.717, 1.165) is 0 Å². The molecular weight excluding hydrogens is 286 g/mol. The molecule has 1 atom stereocenters. The van der Waals surface area contributed by atoms with Crippen molar-refractivity contribution < 1.29 is 23.9 Å². The summed E-state index contributed by atoms with van der Waals surface area (Å²) in [4.78, 5) is 38.4. The van der Waals surface area contributed by atoms with Gasteiger partial charge in [0.1, 0.15) is 0 Å². The maximum absolute atomic E-state index is 12.7. The van der Waals surface area contributed by atoms with Crippen LogP contribution in [0.5, 0.6) is 0 Å². The monoisotopic (exact) mass is 305 g/mol. The fourth-order valence-electron chi connectivity index (χ4n) is 2.93. The Balaban J connectivity index is 2.47. The van der Waals surface area contributed by atoms with E-state index in [0.29, 0.717) is 5.56 Å². The fraction of sp³-hybridized carbons (Fsp3) is 0.438. The summed E-state index contributed by atoms with van der Waals surface area (Å²) < 4.78 is 9.53. The van der Waals surface area contributed by atoms with Crippen LogP contribution in [-0.4, -0.2) is 48.5 Å². The van der Waals surface area contributed by atoms with Crippen molar-refractivity contribution >= 4 is 17.8 Å². The highest BCUT2D eigenvalue weighted by Gasteiger charge is 2.78. The Morgan fingerprint density at radius 2 is 1.55 bits per heavy atom. The maximum atomic E-state index is 12.7. The maximum Gasteiger partial charge on any atom is 0.345 e. The van der Waals surface area contributed by atoms with E-state index in [1.807, 2.05) is 13.8 Å². The molecule has 118 valence electrons. The molecule has 0 aromatic heterocycles. The summed E-state index contributed by atoms with van der Waals surface area (Å²) in [6.45, 7) is 3.67. The second kappa shape index (κ2) is 5.79. The van der Waals surface area contributed by atoms with Crippen molar-refractivity contribution in [2.75, 3.05) is 14.2 Å². The zero-order valence-electron chi connectivity index (χ0n) is 13.0. The third-order valence-electron chi connectivity index (χ3n) is 3.88. The lowest BCUT2D eigenvalue weighted by Crippen LogP contribution is -2.43. The molecule has 1 fully saturated rings. The number of hydrogen-bond donors (Lipinski definition) is 0. The molecule has 1 saturated heterocycles. The van der Waals surface area contributed by atoms with Crippen LogP contribution in [0.3, 0.4) is 0 Å². The first-order chi connectivity index (χ1) is 10.4. The summed E-state index contributed by atoms with van der Waals surface area (Å²) in [7, 11) is 2.38. The van der Waals surface area contributed by atoms with Crippen LogP contribution in [-0.2, 0) is 19.1 Å². The number of benzene rings is 1. The first-order valence-electron chi connectivity index (χ1n) is 6.98. The zero-order chi connectivity index (χ0) is 16.5. The van der Waals surface area contributed by atoms with Gasteiger partial charge in [0.25, 0.3) is 11.4 Å². The van der Waals surface area contributed by atoms with Gasteiger partial charge in [0.15, 0.2) is 0 Å². The number of hydrogen-bond acceptors (Lipinski definition) is 5. The van der Waals surface area contributed by atoms with E-state index in [9.17, 15) is 14.4 Å². The molecule has 22 heavy (non-hydrogen) atoms. The predicted octanol–water partition coefficient (Wildman–Crippen LogP) is 1.25. The normalized spacial score (nSPS) is 18.8. The first-order valence-corrected chi connectivity index (χ1v) is 6.98. The molecule has 1 aliphatic rings. The molecule has 1 aromatic carbocycles. The van der Waals surface area contributed by atoms with E-state index in [1.165, 1.54) is 19.1 Å². The average Bonchev–Trinajstić information content (AvgIpc) is 3.25. The standard InChI is InChI=1S/C16H19NO5/c1-10(2)12-16(14(19)21-3,15(20)22-4)17(12)13(18)11-8-6-5-7-9-11/h5-10,12H,1-4H3/t12-,17?/m0/s1. The molecule has 1 aromatic rings. The Hall–Kier alpha value is -2.37. The minimum absolute atomic E-state index is 0.106. The summed E-state index contributed by atoms with van der Waals surface area (Å²) in [6, 6.07) is 7.92. The molecule has 0 saturated carbocycles. The number of esters is 2. The summed E-state index contributed by atoms with van der Waals surface area (Å²) in [6.07, 6.45) is 0. The van der Waals surface area contributed by atoms with Gasteiger partial charge in [0.05, 0.1) is 20.3 Å². The van der Waals surface area contributed by atoms with Gasteiger partial charge in [-0.1, -0.05) is 32.0 Å². The number of amides is 1. The van der Waals surface area contributed by atoms with Crippen LogP contribution in [0.15, 0.2) is 30.3 Å². The Bertz CT molecular complexity index is 580. The third kappa shape index (κ3) is 2.15. The number of nitrogens with zero attached hydrogens (tertiary/aromatic N) is 1. The number of carbonyl (C=O) groups is 3. The molecule has 1 aliphatic heterocycles. The molecular formula is C16H19NO5. The zero-order valence-corrected chi connectivity index (χ0v) is 13.0. The van der Waals surface area contributed by atoms with Gasteiger partial charge in [-0.3, -0.25) is 4.79 Å². The largest absolute Gasteiger partial charge is 0.467 e. The van der Waals surface area contributed by atoms with Crippen LogP contribution in [0.25, 0.3) is 0 Å². The molecule has 0 spiro atoms. The van der Waals surface area contributed by atoms with E-state index < -0.39 is 29.4 Å². The minimum atomic E-state index is -1.69. The summed E-state index contributed by atoms with van der Waals surface area (Å²) in [5, 5.41) is 0. The fourth-order valence-corrected chi connectivity index (χ4v) is 2.93. The van der Waals surface area contributed by atoms with E-state index >= 15 is 0 Å². The third-order valence-corrected chi connectivity index (χ3v) is 3.88.